The number of benzene rings is 1. The van der Waals surface area contributed by atoms with E-state index in [-0.39, 0.29) is 5.78 Å². The van der Waals surface area contributed by atoms with Crippen molar-refractivity contribution in [2.24, 2.45) is 5.92 Å². The molecule has 1 saturated carbocycles. The van der Waals surface area contributed by atoms with Crippen molar-refractivity contribution in [1.29, 1.82) is 0 Å². The topological polar surface area (TPSA) is 33.5 Å². The minimum atomic E-state index is 0.151. The van der Waals surface area contributed by atoms with Gasteiger partial charge in [-0.2, -0.15) is 0 Å². The molecular weight excluding hydrogens is 262 g/mol. The van der Waals surface area contributed by atoms with E-state index in [0.29, 0.717) is 12.1 Å². The van der Waals surface area contributed by atoms with Gasteiger partial charge in [-0.05, 0) is 31.9 Å². The Morgan fingerprint density at radius 2 is 2.00 bits per heavy atom. The molecule has 0 aliphatic heterocycles. The molecule has 0 atom stereocenters. The molecule has 3 heteroatoms. The van der Waals surface area contributed by atoms with Gasteiger partial charge in [-0.25, -0.2) is 0 Å². The van der Waals surface area contributed by atoms with E-state index < -0.39 is 0 Å². The summed E-state index contributed by atoms with van der Waals surface area (Å²) in [5, 5.41) is 0.925. The molecule has 1 aromatic heterocycles. The van der Waals surface area contributed by atoms with Crippen LogP contribution in [-0.2, 0) is 0 Å². The predicted molar refractivity (Wildman–Crippen MR) is 84.6 cm³/mol. The first kappa shape index (κ1) is 14.3. The summed E-state index contributed by atoms with van der Waals surface area (Å²) in [7, 11) is 2.05. The number of carbonyl (C=O) groups excluding carboxylic acids is 1. The van der Waals surface area contributed by atoms with Crippen LogP contribution in [0.4, 0.5) is 0 Å². The first-order valence-electron chi connectivity index (χ1n) is 7.92. The molecule has 1 aromatic carbocycles. The summed E-state index contributed by atoms with van der Waals surface area (Å²) in [6.45, 7) is 1.50. The van der Waals surface area contributed by atoms with E-state index in [1.54, 1.807) is 6.26 Å². The molecule has 2 aromatic rings. The van der Waals surface area contributed by atoms with E-state index in [0.717, 1.165) is 23.4 Å². The Balaban J connectivity index is 1.62. The molecule has 1 aliphatic rings. The number of nitrogens with zero attached hydrogens (tertiary/aromatic N) is 1. The molecule has 1 heterocycles. The molecule has 0 saturated heterocycles. The first-order chi connectivity index (χ1) is 10.2. The van der Waals surface area contributed by atoms with Gasteiger partial charge in [0.15, 0.2) is 5.78 Å². The van der Waals surface area contributed by atoms with Crippen LogP contribution in [0.1, 0.15) is 42.5 Å². The summed E-state index contributed by atoms with van der Waals surface area (Å²) in [6, 6.07) is 7.72. The quantitative estimate of drug-likeness (QED) is 0.775. The van der Waals surface area contributed by atoms with Crippen LogP contribution in [-0.4, -0.2) is 30.8 Å². The number of para-hydroxylation sites is 1. The number of furan rings is 1. The Labute approximate surface area is 125 Å². The van der Waals surface area contributed by atoms with Crippen LogP contribution in [0.3, 0.4) is 0 Å². The van der Waals surface area contributed by atoms with Crippen molar-refractivity contribution in [3.8, 4) is 0 Å². The van der Waals surface area contributed by atoms with Crippen LogP contribution in [0.2, 0.25) is 0 Å². The number of carbonyl (C=O) groups is 1. The molecule has 0 radical (unpaired) electrons. The minimum Gasteiger partial charge on any atom is -0.464 e. The van der Waals surface area contributed by atoms with E-state index in [4.69, 9.17) is 4.42 Å². The Bertz CT molecular complexity index is 610. The van der Waals surface area contributed by atoms with Crippen LogP contribution >= 0.6 is 0 Å². The summed E-state index contributed by atoms with van der Waals surface area (Å²) >= 11 is 0. The van der Waals surface area contributed by atoms with E-state index in [9.17, 15) is 4.79 Å². The Kier molecular flexibility index (Phi) is 4.39. The maximum atomic E-state index is 12.5. The van der Waals surface area contributed by atoms with Gasteiger partial charge in [-0.1, -0.05) is 37.5 Å². The zero-order chi connectivity index (χ0) is 14.7. The van der Waals surface area contributed by atoms with E-state index in [1.807, 2.05) is 24.3 Å². The third-order valence-corrected chi connectivity index (χ3v) is 4.49. The summed E-state index contributed by atoms with van der Waals surface area (Å²) in [5.74, 6) is 0.913. The van der Waals surface area contributed by atoms with Gasteiger partial charge in [-0.15, -0.1) is 0 Å². The number of rotatable bonds is 5. The first-order valence-corrected chi connectivity index (χ1v) is 7.92. The highest BCUT2D eigenvalue weighted by Gasteiger charge is 2.19. The highest BCUT2D eigenvalue weighted by Crippen LogP contribution is 2.25. The molecule has 0 bridgehead atoms. The summed E-state index contributed by atoms with van der Waals surface area (Å²) in [5.41, 5.74) is 1.50. The van der Waals surface area contributed by atoms with E-state index >= 15 is 0 Å². The summed E-state index contributed by atoms with van der Waals surface area (Å²) < 4.78 is 5.46. The fraction of sp³-hybridized carbons (Fsp3) is 0.500. The maximum absolute atomic E-state index is 12.5. The van der Waals surface area contributed by atoms with Crippen LogP contribution in [0, 0.1) is 5.92 Å². The fourth-order valence-corrected chi connectivity index (χ4v) is 3.40. The highest BCUT2D eigenvalue weighted by atomic mass is 16.3. The lowest BCUT2D eigenvalue weighted by molar-refractivity contribution is 0.0933. The van der Waals surface area contributed by atoms with Crippen molar-refractivity contribution < 1.29 is 9.21 Å². The number of hydrogen-bond acceptors (Lipinski definition) is 3. The van der Waals surface area contributed by atoms with Gasteiger partial charge in [-0.3, -0.25) is 9.69 Å². The predicted octanol–water partition coefficient (Wildman–Crippen LogP) is 4.13. The highest BCUT2D eigenvalue weighted by molar-refractivity contribution is 6.08. The smallest absolute Gasteiger partial charge is 0.180 e. The molecule has 0 N–H and O–H groups in total. The Morgan fingerprint density at radius 3 is 2.81 bits per heavy atom. The lowest BCUT2D eigenvalue weighted by atomic mass is 9.89. The molecular formula is C18H23NO2. The molecule has 1 aliphatic carbocycles. The minimum absolute atomic E-state index is 0.151. The van der Waals surface area contributed by atoms with E-state index in [2.05, 4.69) is 11.9 Å². The van der Waals surface area contributed by atoms with Crippen molar-refractivity contribution in [1.82, 2.24) is 4.90 Å². The third-order valence-electron chi connectivity index (χ3n) is 4.49. The number of fused-ring (bicyclic) bond motifs is 1. The molecule has 0 unspecified atom stereocenters. The second kappa shape index (κ2) is 6.44. The Hall–Kier alpha value is -1.61. The van der Waals surface area contributed by atoms with Gasteiger partial charge in [0.05, 0.1) is 12.1 Å². The molecule has 3 rings (SSSR count). The van der Waals surface area contributed by atoms with Crippen molar-refractivity contribution in [2.75, 3.05) is 20.1 Å². The normalized spacial score (nSPS) is 16.7. The monoisotopic (exact) mass is 285 g/mol. The third kappa shape index (κ3) is 3.35. The van der Waals surface area contributed by atoms with Crippen LogP contribution in [0.15, 0.2) is 34.9 Å². The standard InChI is InChI=1S/C18H23NO2/c1-19(11-14-7-3-2-4-8-14)12-17(20)16-13-21-18-10-6-5-9-15(16)18/h5-6,9-10,13-14H,2-4,7-8,11-12H2,1H3. The Morgan fingerprint density at radius 1 is 1.24 bits per heavy atom. The van der Waals surface area contributed by atoms with Gasteiger partial charge in [0, 0.05) is 11.9 Å². The number of likely N-dealkylation sites (N-methyl/N-ethyl adjacent to an activating group) is 1. The van der Waals surface area contributed by atoms with Crippen molar-refractivity contribution in [2.45, 2.75) is 32.1 Å². The zero-order valence-electron chi connectivity index (χ0n) is 12.7. The summed E-state index contributed by atoms with van der Waals surface area (Å²) in [6.07, 6.45) is 8.29. The number of hydrogen-bond donors (Lipinski definition) is 0. The van der Waals surface area contributed by atoms with Crippen LogP contribution in [0.5, 0.6) is 0 Å². The van der Waals surface area contributed by atoms with Crippen LogP contribution < -0.4 is 0 Å². The van der Waals surface area contributed by atoms with Gasteiger partial charge >= 0.3 is 0 Å². The molecule has 1 fully saturated rings. The van der Waals surface area contributed by atoms with Gasteiger partial charge < -0.3 is 4.42 Å². The lowest BCUT2D eigenvalue weighted by Gasteiger charge is -2.26. The SMILES string of the molecule is CN(CC(=O)c1coc2ccccc12)CC1CCCCC1. The van der Waals surface area contributed by atoms with Gasteiger partial charge in [0.2, 0.25) is 0 Å². The van der Waals surface area contributed by atoms with Gasteiger partial charge in [0.25, 0.3) is 0 Å². The van der Waals surface area contributed by atoms with Crippen molar-refractivity contribution in [3.05, 3.63) is 36.1 Å². The average Bonchev–Trinajstić information content (AvgIpc) is 2.92. The van der Waals surface area contributed by atoms with Gasteiger partial charge in [0.1, 0.15) is 11.8 Å². The summed E-state index contributed by atoms with van der Waals surface area (Å²) in [4.78, 5) is 14.6. The van der Waals surface area contributed by atoms with Crippen molar-refractivity contribution in [3.63, 3.8) is 0 Å². The van der Waals surface area contributed by atoms with Crippen molar-refractivity contribution >= 4 is 16.8 Å². The number of Topliss-reactive ketones (excluding diaryl/α,β-unsaturated/α-hetero) is 1. The lowest BCUT2D eigenvalue weighted by Crippen LogP contribution is -2.31. The second-order valence-corrected chi connectivity index (χ2v) is 6.27. The average molecular weight is 285 g/mol. The molecule has 0 spiro atoms. The molecule has 3 nitrogen and oxygen atoms in total. The molecule has 112 valence electrons. The fourth-order valence-electron chi connectivity index (χ4n) is 3.40. The largest absolute Gasteiger partial charge is 0.464 e. The molecule has 0 amide bonds. The van der Waals surface area contributed by atoms with Crippen LogP contribution in [0.25, 0.3) is 11.0 Å². The number of ketones is 1. The molecule has 21 heavy (non-hydrogen) atoms. The second-order valence-electron chi connectivity index (χ2n) is 6.27. The maximum Gasteiger partial charge on any atom is 0.180 e. The van der Waals surface area contributed by atoms with E-state index in [1.165, 1.54) is 32.1 Å². The zero-order valence-corrected chi connectivity index (χ0v) is 12.7.